The SMILES string of the molecule is CCCC/C=C\C/C=C\CCCCCCCCC1(CCCCCCCC/C=C\C/C=C\CCCC)OCC(CCN(C)Cc2ccncc2)O1. The molecule has 1 atom stereocenters. The van der Waals surface area contributed by atoms with E-state index in [4.69, 9.17) is 9.47 Å². The van der Waals surface area contributed by atoms with Crippen LogP contribution >= 0.6 is 0 Å². The molecule has 0 bridgehead atoms. The lowest BCUT2D eigenvalue weighted by molar-refractivity contribution is -0.180. The minimum atomic E-state index is -0.361. The number of rotatable bonds is 33. The Hall–Kier alpha value is -2.01. The summed E-state index contributed by atoms with van der Waals surface area (Å²) in [6.07, 6.45) is 53.8. The summed E-state index contributed by atoms with van der Waals surface area (Å²) in [5.74, 6) is -0.361. The number of ether oxygens (including phenoxy) is 2. The summed E-state index contributed by atoms with van der Waals surface area (Å²) >= 11 is 0. The van der Waals surface area contributed by atoms with Crippen LogP contribution in [0.25, 0.3) is 0 Å². The Morgan fingerprint density at radius 2 is 1.10 bits per heavy atom. The maximum atomic E-state index is 6.80. The average molecular weight is 691 g/mol. The molecule has 1 fully saturated rings. The van der Waals surface area contributed by atoms with Crippen LogP contribution in [0.4, 0.5) is 0 Å². The molecule has 0 aliphatic carbocycles. The summed E-state index contributed by atoms with van der Waals surface area (Å²) in [5, 5.41) is 0. The molecule has 0 spiro atoms. The van der Waals surface area contributed by atoms with Crippen molar-refractivity contribution in [3.8, 4) is 0 Å². The summed E-state index contributed by atoms with van der Waals surface area (Å²) in [4.78, 5) is 6.55. The fourth-order valence-electron chi connectivity index (χ4n) is 6.77. The predicted octanol–water partition coefficient (Wildman–Crippen LogP) is 13.6. The number of hydrogen-bond donors (Lipinski definition) is 0. The molecule has 1 unspecified atom stereocenters. The smallest absolute Gasteiger partial charge is 0.168 e. The second-order valence-corrected chi connectivity index (χ2v) is 14.8. The van der Waals surface area contributed by atoms with Crippen LogP contribution in [0.15, 0.2) is 73.1 Å². The van der Waals surface area contributed by atoms with Gasteiger partial charge < -0.3 is 14.4 Å². The lowest BCUT2D eigenvalue weighted by Crippen LogP contribution is -2.32. The molecule has 0 aromatic carbocycles. The standard InChI is InChI=1S/C46H78N2O2/c1-4-6-8-10-12-14-16-18-20-22-24-26-28-30-32-37-46(38-33-31-29-27-25-23-21-19-17-15-13-11-9-7-5-2)49-43-45(50-46)36-41-48(3)42-44-34-39-47-40-35-44/h10-13,16-19,34-35,39-40,45H,4-9,14-15,20-33,36-38,41-43H2,1-3H3/b12-10-,13-11-,18-16-,19-17-. The first-order chi connectivity index (χ1) is 24.7. The van der Waals surface area contributed by atoms with Crippen molar-refractivity contribution < 1.29 is 9.47 Å². The number of nitrogens with zero attached hydrogens (tertiary/aromatic N) is 2. The molecule has 0 saturated carbocycles. The Bertz CT molecular complexity index is 955. The first-order valence-electron chi connectivity index (χ1n) is 21.2. The van der Waals surface area contributed by atoms with Crippen LogP contribution in [0, 0.1) is 0 Å². The molecule has 0 radical (unpaired) electrons. The molecule has 1 aliphatic heterocycles. The van der Waals surface area contributed by atoms with Gasteiger partial charge in [-0.25, -0.2) is 0 Å². The van der Waals surface area contributed by atoms with Crippen molar-refractivity contribution in [2.24, 2.45) is 0 Å². The van der Waals surface area contributed by atoms with Gasteiger partial charge in [0.15, 0.2) is 5.79 Å². The second kappa shape index (κ2) is 31.7. The Balaban J connectivity index is 1.64. The molecule has 1 aromatic rings. The van der Waals surface area contributed by atoms with Crippen molar-refractivity contribution >= 4 is 0 Å². The van der Waals surface area contributed by atoms with Crippen molar-refractivity contribution in [3.63, 3.8) is 0 Å². The van der Waals surface area contributed by atoms with Gasteiger partial charge in [0.2, 0.25) is 0 Å². The summed E-state index contributed by atoms with van der Waals surface area (Å²) in [5.41, 5.74) is 1.31. The normalized spacial score (nSPS) is 16.4. The molecule has 0 amide bonds. The zero-order valence-electron chi connectivity index (χ0n) is 33.0. The highest BCUT2D eigenvalue weighted by molar-refractivity contribution is 5.09. The van der Waals surface area contributed by atoms with Crippen molar-refractivity contribution in [1.82, 2.24) is 9.88 Å². The van der Waals surface area contributed by atoms with Crippen LogP contribution in [0.3, 0.4) is 0 Å². The summed E-state index contributed by atoms with van der Waals surface area (Å²) in [7, 11) is 2.20. The van der Waals surface area contributed by atoms with Gasteiger partial charge in [-0.05, 0) is 95.4 Å². The molecule has 2 rings (SSSR count). The van der Waals surface area contributed by atoms with Crippen LogP contribution in [-0.2, 0) is 16.0 Å². The lowest BCUT2D eigenvalue weighted by Gasteiger charge is -2.29. The molecular formula is C46H78N2O2. The minimum absolute atomic E-state index is 0.203. The van der Waals surface area contributed by atoms with Crippen molar-refractivity contribution in [2.75, 3.05) is 20.2 Å². The maximum absolute atomic E-state index is 6.80. The van der Waals surface area contributed by atoms with Gasteiger partial charge in [0.1, 0.15) is 0 Å². The summed E-state index contributed by atoms with van der Waals surface area (Å²) in [6, 6.07) is 4.21. The molecule has 1 saturated heterocycles. The third-order valence-electron chi connectivity index (χ3n) is 9.96. The lowest BCUT2D eigenvalue weighted by atomic mass is 9.98. The fourth-order valence-corrected chi connectivity index (χ4v) is 6.77. The Morgan fingerprint density at radius 1 is 0.640 bits per heavy atom. The van der Waals surface area contributed by atoms with Crippen LogP contribution in [0.1, 0.15) is 180 Å². The van der Waals surface area contributed by atoms with Gasteiger partial charge in [0.05, 0.1) is 12.7 Å². The molecule has 4 heteroatoms. The molecule has 0 N–H and O–H groups in total. The largest absolute Gasteiger partial charge is 0.347 e. The van der Waals surface area contributed by atoms with E-state index in [2.05, 4.69) is 91.5 Å². The van der Waals surface area contributed by atoms with E-state index < -0.39 is 0 Å². The zero-order valence-corrected chi connectivity index (χ0v) is 33.0. The molecule has 50 heavy (non-hydrogen) atoms. The predicted molar refractivity (Wildman–Crippen MR) is 217 cm³/mol. The molecular weight excluding hydrogens is 613 g/mol. The summed E-state index contributed by atoms with van der Waals surface area (Å²) in [6.45, 7) is 7.22. The number of allylic oxidation sites excluding steroid dienone is 8. The second-order valence-electron chi connectivity index (χ2n) is 14.8. The van der Waals surface area contributed by atoms with Crippen molar-refractivity contribution in [2.45, 2.75) is 193 Å². The zero-order chi connectivity index (χ0) is 35.6. The average Bonchev–Trinajstić information content (AvgIpc) is 3.54. The number of aromatic nitrogens is 1. The monoisotopic (exact) mass is 691 g/mol. The molecule has 1 aliphatic rings. The first-order valence-corrected chi connectivity index (χ1v) is 21.2. The third kappa shape index (κ3) is 24.2. The van der Waals surface area contributed by atoms with E-state index in [9.17, 15) is 0 Å². The third-order valence-corrected chi connectivity index (χ3v) is 9.96. The van der Waals surface area contributed by atoms with Gasteiger partial charge in [-0.1, -0.05) is 140 Å². The van der Waals surface area contributed by atoms with Gasteiger partial charge in [0.25, 0.3) is 0 Å². The van der Waals surface area contributed by atoms with Gasteiger partial charge in [-0.15, -0.1) is 0 Å². The fraction of sp³-hybridized carbons (Fsp3) is 0.717. The molecule has 4 nitrogen and oxygen atoms in total. The molecule has 284 valence electrons. The Labute approximate surface area is 310 Å². The number of unbranched alkanes of at least 4 members (excludes halogenated alkanes) is 16. The van der Waals surface area contributed by atoms with E-state index in [-0.39, 0.29) is 11.9 Å². The van der Waals surface area contributed by atoms with Crippen molar-refractivity contribution in [1.29, 1.82) is 0 Å². The van der Waals surface area contributed by atoms with E-state index in [1.165, 1.54) is 134 Å². The summed E-state index contributed by atoms with van der Waals surface area (Å²) < 4.78 is 13.4. The minimum Gasteiger partial charge on any atom is -0.347 e. The maximum Gasteiger partial charge on any atom is 0.168 e. The van der Waals surface area contributed by atoms with Gasteiger partial charge in [0, 0.05) is 38.3 Å². The van der Waals surface area contributed by atoms with E-state index in [1.807, 2.05) is 12.4 Å². The quantitative estimate of drug-likeness (QED) is 0.0543. The van der Waals surface area contributed by atoms with Crippen molar-refractivity contribution in [3.05, 3.63) is 78.7 Å². The Kier molecular flexibility index (Phi) is 28.0. The van der Waals surface area contributed by atoms with Crippen LogP contribution in [0.2, 0.25) is 0 Å². The molecule has 1 aromatic heterocycles. The highest BCUT2D eigenvalue weighted by Crippen LogP contribution is 2.35. The van der Waals surface area contributed by atoms with E-state index >= 15 is 0 Å². The van der Waals surface area contributed by atoms with Crippen LogP contribution in [0.5, 0.6) is 0 Å². The van der Waals surface area contributed by atoms with E-state index in [0.29, 0.717) is 0 Å². The van der Waals surface area contributed by atoms with Gasteiger partial charge >= 0.3 is 0 Å². The van der Waals surface area contributed by atoms with Crippen LogP contribution in [-0.4, -0.2) is 42.0 Å². The highest BCUT2D eigenvalue weighted by Gasteiger charge is 2.40. The van der Waals surface area contributed by atoms with Gasteiger partial charge in [-0.2, -0.15) is 0 Å². The van der Waals surface area contributed by atoms with E-state index in [1.54, 1.807) is 0 Å². The Morgan fingerprint density at radius 3 is 1.60 bits per heavy atom. The number of hydrogen-bond acceptors (Lipinski definition) is 4. The van der Waals surface area contributed by atoms with E-state index in [0.717, 1.165) is 51.8 Å². The topological polar surface area (TPSA) is 34.6 Å². The van der Waals surface area contributed by atoms with Crippen LogP contribution < -0.4 is 0 Å². The number of pyridine rings is 1. The highest BCUT2D eigenvalue weighted by atomic mass is 16.7. The first kappa shape index (κ1) is 44.2. The molecule has 2 heterocycles. The van der Waals surface area contributed by atoms with Gasteiger partial charge in [-0.3, -0.25) is 4.98 Å².